The Kier molecular flexibility index (Phi) is 3.36. The third-order valence-corrected chi connectivity index (χ3v) is 2.30. The van der Waals surface area contributed by atoms with Crippen LogP contribution in [0.25, 0.3) is 0 Å². The number of nitrogens with zero attached hydrogens (tertiary/aromatic N) is 2. The topological polar surface area (TPSA) is 75.9 Å². The van der Waals surface area contributed by atoms with E-state index in [0.29, 0.717) is 17.3 Å². The molecule has 0 amide bonds. The molecule has 1 heterocycles. The first-order valence-corrected chi connectivity index (χ1v) is 5.07. The highest BCUT2D eigenvalue weighted by molar-refractivity contribution is 6.31. The summed E-state index contributed by atoms with van der Waals surface area (Å²) in [5.74, 6) is 5.74. The fourth-order valence-electron chi connectivity index (χ4n) is 1.23. The summed E-state index contributed by atoms with van der Waals surface area (Å²) in [6.45, 7) is 0. The second kappa shape index (κ2) is 4.94. The van der Waals surface area contributed by atoms with Gasteiger partial charge in [0.05, 0.1) is 5.02 Å². The van der Waals surface area contributed by atoms with Crippen LogP contribution < -0.4 is 16.6 Å². The lowest BCUT2D eigenvalue weighted by atomic mass is 10.3. The number of halogens is 2. The first kappa shape index (κ1) is 11.6. The van der Waals surface area contributed by atoms with Gasteiger partial charge in [0.15, 0.2) is 0 Å². The van der Waals surface area contributed by atoms with Crippen LogP contribution in [-0.4, -0.2) is 9.97 Å². The lowest BCUT2D eigenvalue weighted by Gasteiger charge is -2.07. The van der Waals surface area contributed by atoms with Gasteiger partial charge >= 0.3 is 0 Å². The van der Waals surface area contributed by atoms with Crippen LogP contribution in [0.3, 0.4) is 0 Å². The number of rotatable bonds is 3. The normalized spacial score (nSPS) is 10.1. The molecule has 0 bridgehead atoms. The van der Waals surface area contributed by atoms with Crippen LogP contribution in [0.1, 0.15) is 0 Å². The second-order valence-electron chi connectivity index (χ2n) is 3.19. The monoisotopic (exact) mass is 253 g/mol. The summed E-state index contributed by atoms with van der Waals surface area (Å²) in [6, 6.07) is 5.90. The van der Waals surface area contributed by atoms with E-state index in [2.05, 4.69) is 20.7 Å². The molecule has 0 saturated carbocycles. The third-order valence-electron chi connectivity index (χ3n) is 2.01. The Labute approximate surface area is 102 Å². The maximum atomic E-state index is 12.9. The zero-order valence-corrected chi connectivity index (χ0v) is 9.37. The van der Waals surface area contributed by atoms with Gasteiger partial charge in [0.1, 0.15) is 23.8 Å². The van der Waals surface area contributed by atoms with Gasteiger partial charge in [-0.05, 0) is 18.2 Å². The lowest BCUT2D eigenvalue weighted by Crippen LogP contribution is -2.09. The molecule has 2 rings (SSSR count). The fraction of sp³-hybridized carbons (Fsp3) is 0. The SMILES string of the molecule is NNc1cc(Nc2ccc(F)c(Cl)c2)ncn1. The Hall–Kier alpha value is -1.92. The molecule has 0 radical (unpaired) electrons. The summed E-state index contributed by atoms with van der Waals surface area (Å²) >= 11 is 5.66. The van der Waals surface area contributed by atoms with Gasteiger partial charge in [-0.2, -0.15) is 0 Å². The van der Waals surface area contributed by atoms with Crippen molar-refractivity contribution in [3.05, 3.63) is 41.4 Å². The molecule has 0 unspecified atom stereocenters. The number of hydrazine groups is 1. The molecule has 0 aliphatic heterocycles. The van der Waals surface area contributed by atoms with E-state index in [4.69, 9.17) is 17.4 Å². The van der Waals surface area contributed by atoms with Crippen LogP contribution in [0.5, 0.6) is 0 Å². The second-order valence-corrected chi connectivity index (χ2v) is 3.59. The van der Waals surface area contributed by atoms with E-state index in [0.717, 1.165) is 0 Å². The first-order valence-electron chi connectivity index (χ1n) is 4.70. The van der Waals surface area contributed by atoms with Gasteiger partial charge in [0.25, 0.3) is 0 Å². The molecule has 4 N–H and O–H groups in total. The Morgan fingerprint density at radius 2 is 1.94 bits per heavy atom. The molecular weight excluding hydrogens is 245 g/mol. The average molecular weight is 254 g/mol. The number of nitrogen functional groups attached to an aromatic ring is 1. The molecular formula is C10H9ClFN5. The van der Waals surface area contributed by atoms with Gasteiger partial charge in [-0.25, -0.2) is 20.2 Å². The number of hydrogen-bond donors (Lipinski definition) is 3. The Morgan fingerprint density at radius 3 is 2.65 bits per heavy atom. The smallest absolute Gasteiger partial charge is 0.145 e. The molecule has 1 aromatic heterocycles. The van der Waals surface area contributed by atoms with Crippen molar-refractivity contribution in [2.24, 2.45) is 5.84 Å². The molecule has 2 aromatic rings. The quantitative estimate of drug-likeness (QED) is 0.578. The summed E-state index contributed by atoms with van der Waals surface area (Å²) in [4.78, 5) is 7.84. The van der Waals surface area contributed by atoms with Crippen LogP contribution >= 0.6 is 11.6 Å². The number of nitrogens with one attached hydrogen (secondary N) is 2. The maximum absolute atomic E-state index is 12.9. The minimum atomic E-state index is -0.468. The van der Waals surface area contributed by atoms with Gasteiger partial charge in [-0.15, -0.1) is 0 Å². The van der Waals surface area contributed by atoms with E-state index >= 15 is 0 Å². The Balaban J connectivity index is 2.22. The molecule has 17 heavy (non-hydrogen) atoms. The number of anilines is 3. The van der Waals surface area contributed by atoms with Crippen molar-refractivity contribution in [3.8, 4) is 0 Å². The average Bonchev–Trinajstić information content (AvgIpc) is 2.34. The number of nitrogens with two attached hydrogens (primary N) is 1. The van der Waals surface area contributed by atoms with Crippen molar-refractivity contribution in [1.82, 2.24) is 9.97 Å². The summed E-state index contributed by atoms with van der Waals surface area (Å²) in [6.07, 6.45) is 1.35. The highest BCUT2D eigenvalue weighted by atomic mass is 35.5. The highest BCUT2D eigenvalue weighted by Crippen LogP contribution is 2.22. The molecule has 0 saturated heterocycles. The fourth-order valence-corrected chi connectivity index (χ4v) is 1.41. The molecule has 0 atom stereocenters. The van der Waals surface area contributed by atoms with Crippen molar-refractivity contribution in [2.45, 2.75) is 0 Å². The largest absolute Gasteiger partial charge is 0.340 e. The van der Waals surface area contributed by atoms with E-state index in [1.165, 1.54) is 18.5 Å². The zero-order chi connectivity index (χ0) is 12.3. The lowest BCUT2D eigenvalue weighted by molar-refractivity contribution is 0.628. The van der Waals surface area contributed by atoms with Crippen molar-refractivity contribution in [1.29, 1.82) is 0 Å². The van der Waals surface area contributed by atoms with Crippen molar-refractivity contribution in [3.63, 3.8) is 0 Å². The summed E-state index contributed by atoms with van der Waals surface area (Å²) < 4.78 is 12.9. The summed E-state index contributed by atoms with van der Waals surface area (Å²) in [5.41, 5.74) is 3.02. The predicted molar refractivity (Wildman–Crippen MR) is 64.5 cm³/mol. The van der Waals surface area contributed by atoms with Crippen LogP contribution in [0.2, 0.25) is 5.02 Å². The van der Waals surface area contributed by atoms with E-state index in [1.807, 2.05) is 0 Å². The molecule has 1 aromatic carbocycles. The highest BCUT2D eigenvalue weighted by Gasteiger charge is 2.02. The molecule has 0 spiro atoms. The van der Waals surface area contributed by atoms with Crippen molar-refractivity contribution >= 4 is 28.9 Å². The van der Waals surface area contributed by atoms with Crippen LogP contribution in [0.15, 0.2) is 30.6 Å². The molecule has 5 nitrogen and oxygen atoms in total. The minimum Gasteiger partial charge on any atom is -0.340 e. The number of hydrogen-bond acceptors (Lipinski definition) is 5. The standard InChI is InChI=1S/C10H9ClFN5/c11-7-3-6(1-2-8(7)12)16-9-4-10(17-13)15-5-14-9/h1-5H,13H2,(H2,14,15,16,17). The van der Waals surface area contributed by atoms with E-state index in [9.17, 15) is 4.39 Å². The zero-order valence-electron chi connectivity index (χ0n) is 8.61. The Morgan fingerprint density at radius 1 is 1.18 bits per heavy atom. The summed E-state index contributed by atoms with van der Waals surface area (Å²) in [7, 11) is 0. The maximum Gasteiger partial charge on any atom is 0.145 e. The van der Waals surface area contributed by atoms with Gasteiger partial charge in [0.2, 0.25) is 0 Å². The van der Waals surface area contributed by atoms with Gasteiger partial charge in [0, 0.05) is 11.8 Å². The van der Waals surface area contributed by atoms with Crippen LogP contribution in [-0.2, 0) is 0 Å². The molecule has 7 heteroatoms. The van der Waals surface area contributed by atoms with E-state index < -0.39 is 5.82 Å². The molecule has 88 valence electrons. The van der Waals surface area contributed by atoms with Crippen molar-refractivity contribution in [2.75, 3.05) is 10.7 Å². The molecule has 0 fully saturated rings. The van der Waals surface area contributed by atoms with Crippen molar-refractivity contribution < 1.29 is 4.39 Å². The first-order chi connectivity index (χ1) is 8.19. The predicted octanol–water partition coefficient (Wildman–Crippen LogP) is 2.30. The van der Waals surface area contributed by atoms with Crippen LogP contribution in [0, 0.1) is 5.82 Å². The van der Waals surface area contributed by atoms with Gasteiger partial charge in [-0.1, -0.05) is 11.6 Å². The van der Waals surface area contributed by atoms with Gasteiger partial charge in [-0.3, -0.25) is 0 Å². The third kappa shape index (κ3) is 2.80. The van der Waals surface area contributed by atoms with E-state index in [-0.39, 0.29) is 5.02 Å². The number of aromatic nitrogens is 2. The number of benzene rings is 1. The summed E-state index contributed by atoms with van der Waals surface area (Å²) in [5, 5.41) is 2.99. The van der Waals surface area contributed by atoms with Gasteiger partial charge < -0.3 is 10.7 Å². The molecule has 0 aliphatic rings. The minimum absolute atomic E-state index is 0.0428. The Bertz CT molecular complexity index is 534. The van der Waals surface area contributed by atoms with E-state index in [1.54, 1.807) is 12.1 Å². The molecule has 0 aliphatic carbocycles. The van der Waals surface area contributed by atoms with Crippen LogP contribution in [0.4, 0.5) is 21.7 Å².